The Morgan fingerprint density at radius 1 is 1.22 bits per heavy atom. The summed E-state index contributed by atoms with van der Waals surface area (Å²) in [6, 6.07) is 2.44. The molecule has 0 saturated carbocycles. The molecule has 0 N–H and O–H groups in total. The van der Waals surface area contributed by atoms with Gasteiger partial charge in [0.15, 0.2) is 0 Å². The molecule has 1 heterocycles. The van der Waals surface area contributed by atoms with E-state index in [0.717, 1.165) is 6.07 Å². The van der Waals surface area contributed by atoms with Crippen molar-refractivity contribution < 1.29 is 13.2 Å². The van der Waals surface area contributed by atoms with Crippen LogP contribution in [-0.4, -0.2) is 9.55 Å². The molecular formula is C12H11F3N2O. The lowest BCUT2D eigenvalue weighted by Crippen LogP contribution is -2.22. The predicted molar refractivity (Wildman–Crippen MR) is 61.5 cm³/mol. The number of benzene rings is 1. The molecule has 0 bridgehead atoms. The van der Waals surface area contributed by atoms with Crippen molar-refractivity contribution >= 4 is 10.9 Å². The van der Waals surface area contributed by atoms with Crippen LogP contribution in [0.1, 0.15) is 17.0 Å². The summed E-state index contributed by atoms with van der Waals surface area (Å²) < 4.78 is 40.0. The molecular weight excluding hydrogens is 245 g/mol. The van der Waals surface area contributed by atoms with Gasteiger partial charge in [-0.25, -0.2) is 4.98 Å². The zero-order valence-corrected chi connectivity index (χ0v) is 10.1. The van der Waals surface area contributed by atoms with E-state index in [0.29, 0.717) is 5.56 Å². The number of hydrogen-bond acceptors (Lipinski definition) is 2. The fourth-order valence-corrected chi connectivity index (χ4v) is 1.84. The van der Waals surface area contributed by atoms with E-state index in [1.807, 2.05) is 0 Å². The van der Waals surface area contributed by atoms with Gasteiger partial charge in [-0.2, -0.15) is 13.2 Å². The van der Waals surface area contributed by atoms with Crippen LogP contribution < -0.4 is 5.56 Å². The van der Waals surface area contributed by atoms with Gasteiger partial charge < -0.3 is 0 Å². The third-order valence-electron chi connectivity index (χ3n) is 2.85. The Balaban J connectivity index is 3.03. The monoisotopic (exact) mass is 256 g/mol. The lowest BCUT2D eigenvalue weighted by atomic mass is 10.1. The van der Waals surface area contributed by atoms with Gasteiger partial charge in [-0.15, -0.1) is 0 Å². The van der Waals surface area contributed by atoms with Gasteiger partial charge in [0, 0.05) is 7.05 Å². The minimum Gasteiger partial charge on any atom is -0.299 e. The second-order valence-corrected chi connectivity index (χ2v) is 4.23. The molecule has 0 aliphatic rings. The van der Waals surface area contributed by atoms with E-state index in [1.54, 1.807) is 0 Å². The molecule has 0 atom stereocenters. The first-order valence-electron chi connectivity index (χ1n) is 5.27. The molecule has 0 saturated heterocycles. The summed E-state index contributed by atoms with van der Waals surface area (Å²) >= 11 is 0. The third kappa shape index (κ3) is 1.87. The zero-order chi connectivity index (χ0) is 13.7. The lowest BCUT2D eigenvalue weighted by Gasteiger charge is -2.12. The molecule has 6 heteroatoms. The van der Waals surface area contributed by atoms with E-state index in [1.165, 1.54) is 31.5 Å². The van der Waals surface area contributed by atoms with Crippen molar-refractivity contribution in [2.75, 3.05) is 0 Å². The molecule has 0 unspecified atom stereocenters. The highest BCUT2D eigenvalue weighted by molar-refractivity contribution is 5.82. The number of aryl methyl sites for hydroxylation is 2. The molecule has 3 nitrogen and oxygen atoms in total. The fraction of sp³-hybridized carbons (Fsp3) is 0.333. The highest BCUT2D eigenvalue weighted by atomic mass is 19.4. The molecule has 0 radical (unpaired) electrons. The van der Waals surface area contributed by atoms with Crippen LogP contribution in [0.5, 0.6) is 0 Å². The van der Waals surface area contributed by atoms with Crippen LogP contribution >= 0.6 is 0 Å². The van der Waals surface area contributed by atoms with Crippen LogP contribution in [0.15, 0.2) is 16.9 Å². The molecule has 0 amide bonds. The van der Waals surface area contributed by atoms with E-state index in [4.69, 9.17) is 0 Å². The van der Waals surface area contributed by atoms with Gasteiger partial charge in [0.2, 0.25) is 0 Å². The second-order valence-electron chi connectivity index (χ2n) is 4.23. The number of halogens is 3. The van der Waals surface area contributed by atoms with Gasteiger partial charge in [0.25, 0.3) is 5.56 Å². The summed E-state index contributed by atoms with van der Waals surface area (Å²) in [6.07, 6.45) is -4.52. The van der Waals surface area contributed by atoms with Crippen molar-refractivity contribution in [1.29, 1.82) is 0 Å². The van der Waals surface area contributed by atoms with E-state index < -0.39 is 17.3 Å². The summed E-state index contributed by atoms with van der Waals surface area (Å²) in [6.45, 7) is 3.02. The van der Waals surface area contributed by atoms with Crippen LogP contribution in [0, 0.1) is 13.8 Å². The average Bonchev–Trinajstić information content (AvgIpc) is 2.25. The molecule has 0 spiro atoms. The molecule has 0 aliphatic carbocycles. The Morgan fingerprint density at radius 3 is 2.39 bits per heavy atom. The minimum absolute atomic E-state index is 0.00424. The maximum absolute atomic E-state index is 12.9. The van der Waals surface area contributed by atoms with Crippen LogP contribution in [0.25, 0.3) is 10.9 Å². The van der Waals surface area contributed by atoms with Crippen LogP contribution in [0.3, 0.4) is 0 Å². The normalized spacial score (nSPS) is 12.1. The molecule has 96 valence electrons. The van der Waals surface area contributed by atoms with Crippen molar-refractivity contribution in [3.05, 3.63) is 39.4 Å². The zero-order valence-electron chi connectivity index (χ0n) is 10.1. The summed E-state index contributed by atoms with van der Waals surface area (Å²) in [5.74, 6) is 0.252. The number of aromatic nitrogens is 2. The van der Waals surface area contributed by atoms with Gasteiger partial charge in [0.1, 0.15) is 5.82 Å². The quantitative estimate of drug-likeness (QED) is 0.726. The largest absolute Gasteiger partial charge is 0.418 e. The highest BCUT2D eigenvalue weighted by Gasteiger charge is 2.34. The van der Waals surface area contributed by atoms with Gasteiger partial charge in [0.05, 0.1) is 16.5 Å². The van der Waals surface area contributed by atoms with E-state index in [-0.39, 0.29) is 16.7 Å². The smallest absolute Gasteiger partial charge is 0.299 e. The molecule has 1 aromatic carbocycles. The lowest BCUT2D eigenvalue weighted by molar-refractivity contribution is -0.136. The Hall–Kier alpha value is -1.85. The minimum atomic E-state index is -4.52. The summed E-state index contributed by atoms with van der Waals surface area (Å²) in [5, 5.41) is -0.00424. The van der Waals surface area contributed by atoms with Crippen molar-refractivity contribution in [2.24, 2.45) is 7.05 Å². The van der Waals surface area contributed by atoms with Crippen LogP contribution in [-0.2, 0) is 13.2 Å². The number of rotatable bonds is 0. The first-order valence-corrected chi connectivity index (χ1v) is 5.27. The maximum Gasteiger partial charge on any atom is 0.418 e. The SMILES string of the molecule is Cc1cc(C(F)(F)F)c2nc(C)n(C)c(=O)c2c1. The van der Waals surface area contributed by atoms with Crippen LogP contribution in [0.4, 0.5) is 13.2 Å². The average molecular weight is 256 g/mol. The maximum atomic E-state index is 12.9. The van der Waals surface area contributed by atoms with Gasteiger partial charge in [-0.1, -0.05) is 0 Å². The van der Waals surface area contributed by atoms with Gasteiger partial charge >= 0.3 is 6.18 Å². The Morgan fingerprint density at radius 2 is 1.83 bits per heavy atom. The summed E-state index contributed by atoms with van der Waals surface area (Å²) in [5.41, 5.74) is -1.23. The summed E-state index contributed by atoms with van der Waals surface area (Å²) in [4.78, 5) is 15.8. The first kappa shape index (κ1) is 12.6. The van der Waals surface area contributed by atoms with Crippen molar-refractivity contribution in [3.63, 3.8) is 0 Å². The Labute approximate surface area is 101 Å². The van der Waals surface area contributed by atoms with Crippen molar-refractivity contribution in [1.82, 2.24) is 9.55 Å². The van der Waals surface area contributed by atoms with Gasteiger partial charge in [-0.05, 0) is 31.5 Å². The fourth-order valence-electron chi connectivity index (χ4n) is 1.84. The molecule has 18 heavy (non-hydrogen) atoms. The van der Waals surface area contributed by atoms with E-state index in [9.17, 15) is 18.0 Å². The van der Waals surface area contributed by atoms with Crippen LogP contribution in [0.2, 0.25) is 0 Å². The van der Waals surface area contributed by atoms with Crippen molar-refractivity contribution in [3.8, 4) is 0 Å². The Bertz CT molecular complexity index is 686. The second kappa shape index (κ2) is 3.83. The molecule has 2 rings (SSSR count). The highest BCUT2D eigenvalue weighted by Crippen LogP contribution is 2.34. The number of alkyl halides is 3. The third-order valence-corrected chi connectivity index (χ3v) is 2.85. The molecule has 0 fully saturated rings. The molecule has 1 aromatic heterocycles. The standard InChI is InChI=1S/C12H11F3N2O/c1-6-4-8-10(9(5-6)12(13,14)15)16-7(2)17(3)11(8)18/h4-5H,1-3H3. The van der Waals surface area contributed by atoms with E-state index in [2.05, 4.69) is 4.98 Å². The number of hydrogen-bond donors (Lipinski definition) is 0. The van der Waals surface area contributed by atoms with Gasteiger partial charge in [-0.3, -0.25) is 9.36 Å². The number of fused-ring (bicyclic) bond motifs is 1. The predicted octanol–water partition coefficient (Wildman–Crippen LogP) is 2.57. The molecule has 0 aliphatic heterocycles. The first-order chi connectivity index (χ1) is 8.21. The van der Waals surface area contributed by atoms with Crippen molar-refractivity contribution in [2.45, 2.75) is 20.0 Å². The summed E-state index contributed by atoms with van der Waals surface area (Å²) in [7, 11) is 1.49. The van der Waals surface area contributed by atoms with E-state index >= 15 is 0 Å². The molecule has 2 aromatic rings. The topological polar surface area (TPSA) is 34.9 Å². The Kier molecular flexibility index (Phi) is 2.68. The number of nitrogens with zero attached hydrogens (tertiary/aromatic N) is 2.